The second-order valence-electron chi connectivity index (χ2n) is 7.38. The molecule has 2 saturated heterocycles. The third-order valence-corrected chi connectivity index (χ3v) is 5.39. The highest BCUT2D eigenvalue weighted by Crippen LogP contribution is 2.24. The second kappa shape index (κ2) is 7.91. The van der Waals surface area contributed by atoms with Crippen molar-refractivity contribution in [3.05, 3.63) is 0 Å². The Morgan fingerprint density at radius 1 is 1.29 bits per heavy atom. The largest absolute Gasteiger partial charge is 0.394 e. The lowest BCUT2D eigenvalue weighted by molar-refractivity contribution is 0.0190. The van der Waals surface area contributed by atoms with Gasteiger partial charge in [-0.3, -0.25) is 9.80 Å². The van der Waals surface area contributed by atoms with Gasteiger partial charge in [0.1, 0.15) is 0 Å². The first-order valence-corrected chi connectivity index (χ1v) is 8.92. The van der Waals surface area contributed by atoms with E-state index in [-0.39, 0.29) is 12.1 Å². The fourth-order valence-corrected chi connectivity index (χ4v) is 3.98. The number of hydrogen-bond acceptors (Lipinski definition) is 4. The fourth-order valence-electron chi connectivity index (χ4n) is 3.98. The summed E-state index contributed by atoms with van der Waals surface area (Å²) in [7, 11) is 0. The van der Waals surface area contributed by atoms with Crippen molar-refractivity contribution >= 4 is 0 Å². The summed E-state index contributed by atoms with van der Waals surface area (Å²) in [6.45, 7) is 12.8. The number of fused-ring (bicyclic) bond motifs is 1. The number of aliphatic hydroxyl groups is 1. The van der Waals surface area contributed by atoms with Gasteiger partial charge >= 0.3 is 0 Å². The van der Waals surface area contributed by atoms with E-state index >= 15 is 0 Å². The minimum absolute atomic E-state index is 0.140. The SMILES string of the molecule is CCCNC(C)(CO)CC(C)N1CCN2CCCCC2C1. The average Bonchev–Trinajstić information content (AvgIpc) is 2.52. The summed E-state index contributed by atoms with van der Waals surface area (Å²) in [6.07, 6.45) is 6.29. The second-order valence-corrected chi connectivity index (χ2v) is 7.38. The maximum Gasteiger partial charge on any atom is 0.0611 e. The Kier molecular flexibility index (Phi) is 6.48. The van der Waals surface area contributed by atoms with Gasteiger partial charge in [-0.2, -0.15) is 0 Å². The van der Waals surface area contributed by atoms with Gasteiger partial charge in [-0.15, -0.1) is 0 Å². The Labute approximate surface area is 130 Å². The standard InChI is InChI=1S/C17H35N3O/c1-4-8-18-17(3,14-21)12-15(2)20-11-10-19-9-6-5-7-16(19)13-20/h15-16,18,21H,4-14H2,1-3H3. The van der Waals surface area contributed by atoms with Gasteiger partial charge in [0.25, 0.3) is 0 Å². The van der Waals surface area contributed by atoms with Gasteiger partial charge in [0.15, 0.2) is 0 Å². The van der Waals surface area contributed by atoms with Gasteiger partial charge < -0.3 is 10.4 Å². The van der Waals surface area contributed by atoms with Crippen LogP contribution in [-0.4, -0.2) is 71.9 Å². The molecule has 0 bridgehead atoms. The number of rotatable bonds is 7. The van der Waals surface area contributed by atoms with E-state index in [9.17, 15) is 5.11 Å². The molecule has 2 fully saturated rings. The maximum absolute atomic E-state index is 9.76. The zero-order valence-corrected chi connectivity index (χ0v) is 14.3. The molecule has 0 radical (unpaired) electrons. The zero-order chi connectivity index (χ0) is 15.3. The molecule has 0 aromatic rings. The summed E-state index contributed by atoms with van der Waals surface area (Å²) in [5.41, 5.74) is -0.140. The lowest BCUT2D eigenvalue weighted by Crippen LogP contribution is -2.58. The van der Waals surface area contributed by atoms with Crippen molar-refractivity contribution in [1.29, 1.82) is 0 Å². The van der Waals surface area contributed by atoms with Gasteiger partial charge in [0.2, 0.25) is 0 Å². The van der Waals surface area contributed by atoms with Crippen LogP contribution in [-0.2, 0) is 0 Å². The predicted molar refractivity (Wildman–Crippen MR) is 88.6 cm³/mol. The first-order valence-electron chi connectivity index (χ1n) is 8.92. The van der Waals surface area contributed by atoms with Crippen LogP contribution < -0.4 is 5.32 Å². The molecule has 0 aliphatic carbocycles. The summed E-state index contributed by atoms with van der Waals surface area (Å²) in [5, 5.41) is 13.3. The van der Waals surface area contributed by atoms with E-state index in [2.05, 4.69) is 35.9 Å². The van der Waals surface area contributed by atoms with Crippen molar-refractivity contribution in [2.24, 2.45) is 0 Å². The number of aliphatic hydroxyl groups excluding tert-OH is 1. The molecular weight excluding hydrogens is 262 g/mol. The normalized spacial score (nSPS) is 28.9. The molecule has 2 rings (SSSR count). The van der Waals surface area contributed by atoms with Crippen LogP contribution in [0.3, 0.4) is 0 Å². The van der Waals surface area contributed by atoms with Gasteiger partial charge in [-0.05, 0) is 52.6 Å². The molecule has 3 unspecified atom stereocenters. The molecule has 0 saturated carbocycles. The predicted octanol–water partition coefficient (Wildman–Crippen LogP) is 1.69. The highest BCUT2D eigenvalue weighted by Gasteiger charge is 2.33. The first kappa shape index (κ1) is 17.2. The van der Waals surface area contributed by atoms with Crippen molar-refractivity contribution in [2.45, 2.75) is 70.5 Å². The van der Waals surface area contributed by atoms with Crippen LogP contribution in [0.15, 0.2) is 0 Å². The number of piperidine rings is 1. The molecular formula is C17H35N3O. The molecule has 2 aliphatic rings. The number of piperazine rings is 1. The molecule has 21 heavy (non-hydrogen) atoms. The first-order chi connectivity index (χ1) is 10.1. The van der Waals surface area contributed by atoms with Crippen molar-refractivity contribution in [3.63, 3.8) is 0 Å². The van der Waals surface area contributed by atoms with Crippen LogP contribution in [0.5, 0.6) is 0 Å². The number of nitrogens with one attached hydrogen (secondary N) is 1. The van der Waals surface area contributed by atoms with Gasteiger partial charge in [0.05, 0.1) is 6.61 Å². The van der Waals surface area contributed by atoms with E-state index in [1.54, 1.807) is 0 Å². The minimum atomic E-state index is -0.140. The van der Waals surface area contributed by atoms with Crippen molar-refractivity contribution in [1.82, 2.24) is 15.1 Å². The molecule has 0 aromatic carbocycles. The molecule has 124 valence electrons. The third kappa shape index (κ3) is 4.65. The van der Waals surface area contributed by atoms with E-state index in [4.69, 9.17) is 0 Å². The Morgan fingerprint density at radius 2 is 2.10 bits per heavy atom. The minimum Gasteiger partial charge on any atom is -0.394 e. The Hall–Kier alpha value is -0.160. The van der Waals surface area contributed by atoms with E-state index in [1.165, 1.54) is 45.4 Å². The van der Waals surface area contributed by atoms with Crippen molar-refractivity contribution < 1.29 is 5.11 Å². The summed E-state index contributed by atoms with van der Waals surface area (Å²) >= 11 is 0. The van der Waals surface area contributed by atoms with E-state index in [0.717, 1.165) is 25.4 Å². The maximum atomic E-state index is 9.76. The zero-order valence-electron chi connectivity index (χ0n) is 14.3. The van der Waals surface area contributed by atoms with E-state index in [1.807, 2.05) is 0 Å². The highest BCUT2D eigenvalue weighted by molar-refractivity contribution is 4.91. The van der Waals surface area contributed by atoms with Crippen LogP contribution >= 0.6 is 0 Å². The summed E-state index contributed by atoms with van der Waals surface area (Å²) in [4.78, 5) is 5.33. The summed E-state index contributed by atoms with van der Waals surface area (Å²) in [5.74, 6) is 0. The molecule has 2 N–H and O–H groups in total. The van der Waals surface area contributed by atoms with E-state index in [0.29, 0.717) is 6.04 Å². The molecule has 0 amide bonds. The molecule has 2 heterocycles. The lowest BCUT2D eigenvalue weighted by Gasteiger charge is -2.47. The lowest BCUT2D eigenvalue weighted by atomic mass is 9.92. The molecule has 0 aromatic heterocycles. The monoisotopic (exact) mass is 297 g/mol. The van der Waals surface area contributed by atoms with Crippen LogP contribution in [0.25, 0.3) is 0 Å². The van der Waals surface area contributed by atoms with Gasteiger partial charge in [0, 0.05) is 37.3 Å². The quantitative estimate of drug-likeness (QED) is 0.750. The van der Waals surface area contributed by atoms with Crippen LogP contribution in [0.4, 0.5) is 0 Å². The van der Waals surface area contributed by atoms with Crippen molar-refractivity contribution in [3.8, 4) is 0 Å². The molecule has 3 atom stereocenters. The average molecular weight is 297 g/mol. The smallest absolute Gasteiger partial charge is 0.0611 e. The van der Waals surface area contributed by atoms with Crippen LogP contribution in [0, 0.1) is 0 Å². The summed E-state index contributed by atoms with van der Waals surface area (Å²) in [6, 6.07) is 1.31. The van der Waals surface area contributed by atoms with Crippen molar-refractivity contribution in [2.75, 3.05) is 39.3 Å². The molecule has 4 heteroatoms. The van der Waals surface area contributed by atoms with E-state index < -0.39 is 0 Å². The summed E-state index contributed by atoms with van der Waals surface area (Å²) < 4.78 is 0. The Bertz CT molecular complexity index is 312. The topological polar surface area (TPSA) is 38.7 Å². The molecule has 4 nitrogen and oxygen atoms in total. The fraction of sp³-hybridized carbons (Fsp3) is 1.00. The van der Waals surface area contributed by atoms with Crippen LogP contribution in [0.1, 0.15) is 52.9 Å². The molecule has 0 spiro atoms. The number of nitrogens with zero attached hydrogens (tertiary/aromatic N) is 2. The number of hydrogen-bond donors (Lipinski definition) is 2. The van der Waals surface area contributed by atoms with Gasteiger partial charge in [-0.25, -0.2) is 0 Å². The Balaban J connectivity index is 1.85. The highest BCUT2D eigenvalue weighted by atomic mass is 16.3. The van der Waals surface area contributed by atoms with Gasteiger partial charge in [-0.1, -0.05) is 13.3 Å². The van der Waals surface area contributed by atoms with Crippen LogP contribution in [0.2, 0.25) is 0 Å². The molecule has 2 aliphatic heterocycles. The Morgan fingerprint density at radius 3 is 2.81 bits per heavy atom. The third-order valence-electron chi connectivity index (χ3n) is 5.39.